The molecule has 0 saturated carbocycles. The molecule has 8 heteroatoms. The summed E-state index contributed by atoms with van der Waals surface area (Å²) in [5, 5.41) is 2.74. The lowest BCUT2D eigenvalue weighted by atomic mass is 10.2. The molecule has 3 aromatic rings. The van der Waals surface area contributed by atoms with Gasteiger partial charge in [0.1, 0.15) is 5.65 Å². The first-order valence-electron chi connectivity index (χ1n) is 9.07. The largest absolute Gasteiger partial charge is 0.493 e. The predicted molar refractivity (Wildman–Crippen MR) is 106 cm³/mol. The second-order valence-electron chi connectivity index (χ2n) is 6.48. The van der Waals surface area contributed by atoms with Crippen LogP contribution >= 0.6 is 0 Å². The van der Waals surface area contributed by atoms with Crippen LogP contribution in [0.25, 0.3) is 5.65 Å². The Kier molecular flexibility index (Phi) is 6.01. The van der Waals surface area contributed by atoms with Crippen molar-refractivity contribution in [3.8, 4) is 11.5 Å². The van der Waals surface area contributed by atoms with Crippen molar-refractivity contribution in [3.05, 3.63) is 59.5 Å². The number of methoxy groups -OCH3 is 2. The highest BCUT2D eigenvalue weighted by molar-refractivity contribution is 5.91. The van der Waals surface area contributed by atoms with E-state index in [0.717, 1.165) is 11.3 Å². The van der Waals surface area contributed by atoms with Gasteiger partial charge in [-0.25, -0.2) is 9.78 Å². The zero-order chi connectivity index (χ0) is 21.0. The van der Waals surface area contributed by atoms with Crippen molar-refractivity contribution in [2.45, 2.75) is 26.5 Å². The number of aryl methyl sites for hydroxylation is 1. The molecule has 0 aliphatic rings. The van der Waals surface area contributed by atoms with Crippen LogP contribution in [0.5, 0.6) is 11.5 Å². The highest BCUT2D eigenvalue weighted by Crippen LogP contribution is 2.27. The van der Waals surface area contributed by atoms with Crippen LogP contribution < -0.4 is 14.8 Å². The van der Waals surface area contributed by atoms with Crippen molar-refractivity contribution in [3.63, 3.8) is 0 Å². The molecule has 0 saturated heterocycles. The summed E-state index contributed by atoms with van der Waals surface area (Å²) in [5.41, 5.74) is 2.56. The first kappa shape index (κ1) is 20.2. The molecule has 1 amide bonds. The fourth-order valence-electron chi connectivity index (χ4n) is 2.84. The van der Waals surface area contributed by atoms with E-state index in [0.29, 0.717) is 17.1 Å². The second-order valence-corrected chi connectivity index (χ2v) is 6.48. The summed E-state index contributed by atoms with van der Waals surface area (Å²) < 4.78 is 17.5. The Hall–Kier alpha value is -3.55. The normalized spacial score (nSPS) is 11.7. The summed E-state index contributed by atoms with van der Waals surface area (Å²) in [7, 11) is 3.10. The topological polar surface area (TPSA) is 91.2 Å². The van der Waals surface area contributed by atoms with E-state index < -0.39 is 18.0 Å². The molecule has 0 radical (unpaired) electrons. The number of carbonyl (C=O) groups excluding carboxylic acids is 2. The average molecular weight is 397 g/mol. The molecule has 2 heterocycles. The number of rotatable bonds is 7. The van der Waals surface area contributed by atoms with Crippen LogP contribution in [0.15, 0.2) is 42.6 Å². The number of ether oxygens (including phenoxy) is 3. The number of carbonyl (C=O) groups is 2. The molecule has 1 N–H and O–H groups in total. The van der Waals surface area contributed by atoms with Crippen LogP contribution in [0.1, 0.15) is 28.7 Å². The van der Waals surface area contributed by atoms with Gasteiger partial charge in [-0.15, -0.1) is 0 Å². The maximum absolute atomic E-state index is 12.4. The molecular formula is C21H23N3O5. The lowest BCUT2D eigenvalue weighted by Gasteiger charge is -2.14. The molecule has 3 rings (SSSR count). The summed E-state index contributed by atoms with van der Waals surface area (Å²) in [6, 6.07) is 10.9. The summed E-state index contributed by atoms with van der Waals surface area (Å²) in [6.45, 7) is 3.69. The number of imidazole rings is 1. The third-order valence-electron chi connectivity index (χ3n) is 4.47. The Labute approximate surface area is 168 Å². The number of pyridine rings is 1. The van der Waals surface area contributed by atoms with Crippen molar-refractivity contribution in [2.75, 3.05) is 14.2 Å². The average Bonchev–Trinajstić information content (AvgIpc) is 3.17. The maximum atomic E-state index is 12.4. The zero-order valence-electron chi connectivity index (χ0n) is 16.8. The molecule has 0 spiro atoms. The van der Waals surface area contributed by atoms with Gasteiger partial charge in [0.05, 0.1) is 14.2 Å². The molecule has 1 aromatic carbocycles. The van der Waals surface area contributed by atoms with Crippen LogP contribution in [0.3, 0.4) is 0 Å². The Balaban J connectivity index is 1.59. The Morgan fingerprint density at radius 2 is 1.90 bits per heavy atom. The van der Waals surface area contributed by atoms with Gasteiger partial charge in [-0.2, -0.15) is 0 Å². The summed E-state index contributed by atoms with van der Waals surface area (Å²) >= 11 is 0. The van der Waals surface area contributed by atoms with Gasteiger partial charge in [-0.1, -0.05) is 12.1 Å². The van der Waals surface area contributed by atoms with E-state index in [1.807, 2.05) is 25.1 Å². The fraction of sp³-hybridized carbons (Fsp3) is 0.286. The van der Waals surface area contributed by atoms with E-state index in [9.17, 15) is 9.59 Å². The number of nitrogens with one attached hydrogen (secondary N) is 1. The van der Waals surface area contributed by atoms with Gasteiger partial charge >= 0.3 is 5.97 Å². The third kappa shape index (κ3) is 4.48. The summed E-state index contributed by atoms with van der Waals surface area (Å²) in [6.07, 6.45) is 0.634. The van der Waals surface area contributed by atoms with Crippen LogP contribution in [-0.4, -0.2) is 41.6 Å². The van der Waals surface area contributed by atoms with Crippen molar-refractivity contribution in [2.24, 2.45) is 0 Å². The quantitative estimate of drug-likeness (QED) is 0.616. The summed E-state index contributed by atoms with van der Waals surface area (Å²) in [5.74, 6) is 0.114. The molecule has 2 aromatic heterocycles. The first-order chi connectivity index (χ1) is 13.9. The van der Waals surface area contributed by atoms with Gasteiger partial charge in [0.15, 0.2) is 23.3 Å². The molecule has 0 bridgehead atoms. The third-order valence-corrected chi connectivity index (χ3v) is 4.47. The maximum Gasteiger partial charge on any atom is 0.359 e. The first-order valence-corrected chi connectivity index (χ1v) is 9.07. The molecule has 29 heavy (non-hydrogen) atoms. The Morgan fingerprint density at radius 1 is 1.14 bits per heavy atom. The minimum Gasteiger partial charge on any atom is -0.493 e. The molecular weight excluding hydrogens is 374 g/mol. The van der Waals surface area contributed by atoms with Crippen LogP contribution in [0.4, 0.5) is 0 Å². The molecule has 0 fully saturated rings. The van der Waals surface area contributed by atoms with E-state index in [1.54, 1.807) is 43.0 Å². The number of fused-ring (bicyclic) bond motifs is 1. The highest BCUT2D eigenvalue weighted by atomic mass is 16.5. The lowest BCUT2D eigenvalue weighted by Crippen LogP contribution is -2.35. The Bertz CT molecular complexity index is 1040. The van der Waals surface area contributed by atoms with Crippen molar-refractivity contribution >= 4 is 17.5 Å². The molecule has 8 nitrogen and oxygen atoms in total. The van der Waals surface area contributed by atoms with Gasteiger partial charge in [0.25, 0.3) is 5.91 Å². The molecule has 0 aliphatic heterocycles. The minimum absolute atomic E-state index is 0.152. The van der Waals surface area contributed by atoms with Gasteiger partial charge in [0.2, 0.25) is 0 Å². The lowest BCUT2D eigenvalue weighted by molar-refractivity contribution is -0.129. The van der Waals surface area contributed by atoms with Crippen molar-refractivity contribution in [1.29, 1.82) is 0 Å². The van der Waals surface area contributed by atoms with Gasteiger partial charge < -0.3 is 23.9 Å². The number of esters is 1. The van der Waals surface area contributed by atoms with E-state index in [-0.39, 0.29) is 12.2 Å². The zero-order valence-corrected chi connectivity index (χ0v) is 16.8. The van der Waals surface area contributed by atoms with Crippen LogP contribution in [-0.2, 0) is 16.1 Å². The Morgan fingerprint density at radius 3 is 2.59 bits per heavy atom. The number of hydrogen-bond acceptors (Lipinski definition) is 6. The molecule has 0 unspecified atom stereocenters. The number of hydrogen-bond donors (Lipinski definition) is 1. The van der Waals surface area contributed by atoms with Crippen molar-refractivity contribution in [1.82, 2.24) is 14.7 Å². The predicted octanol–water partition coefficient (Wildman–Crippen LogP) is 2.52. The second kappa shape index (κ2) is 8.64. The smallest absolute Gasteiger partial charge is 0.359 e. The van der Waals surface area contributed by atoms with Crippen LogP contribution in [0.2, 0.25) is 0 Å². The fourth-order valence-corrected chi connectivity index (χ4v) is 2.84. The molecule has 0 aliphatic carbocycles. The van der Waals surface area contributed by atoms with E-state index in [1.165, 1.54) is 6.92 Å². The minimum atomic E-state index is -0.964. The van der Waals surface area contributed by atoms with Gasteiger partial charge in [-0.3, -0.25) is 4.79 Å². The van der Waals surface area contributed by atoms with Crippen molar-refractivity contribution < 1.29 is 23.8 Å². The van der Waals surface area contributed by atoms with E-state index in [2.05, 4.69) is 10.3 Å². The van der Waals surface area contributed by atoms with E-state index >= 15 is 0 Å². The van der Waals surface area contributed by atoms with E-state index in [4.69, 9.17) is 14.2 Å². The standard InChI is InChI=1S/C21H23N3O5/c1-13-6-5-7-19-23-16(12-24(13)19)21(26)29-14(2)20(25)22-11-15-8-9-17(27-3)18(10-15)28-4/h5-10,12,14H,11H2,1-4H3,(H,22,25)/t14-/m1/s1. The highest BCUT2D eigenvalue weighted by Gasteiger charge is 2.21. The van der Waals surface area contributed by atoms with Gasteiger partial charge in [0, 0.05) is 18.4 Å². The molecule has 152 valence electrons. The van der Waals surface area contributed by atoms with Crippen LogP contribution in [0, 0.1) is 6.92 Å². The van der Waals surface area contributed by atoms with Gasteiger partial charge in [-0.05, 0) is 43.7 Å². The number of benzene rings is 1. The molecule has 1 atom stereocenters. The summed E-state index contributed by atoms with van der Waals surface area (Å²) in [4.78, 5) is 28.9. The number of aromatic nitrogens is 2. The number of nitrogens with zero attached hydrogens (tertiary/aromatic N) is 2. The monoisotopic (exact) mass is 397 g/mol. The number of amides is 1. The SMILES string of the molecule is COc1ccc(CNC(=O)[C@@H](C)OC(=O)c2cn3c(C)cccc3n2)cc1OC.